The predicted octanol–water partition coefficient (Wildman–Crippen LogP) is 3.36. The molecule has 9 heteroatoms. The van der Waals surface area contributed by atoms with Gasteiger partial charge in [0, 0.05) is 38.9 Å². The van der Waals surface area contributed by atoms with E-state index in [0.717, 1.165) is 25.2 Å². The Labute approximate surface area is 202 Å². The minimum absolute atomic E-state index is 0.0628. The lowest BCUT2D eigenvalue weighted by Gasteiger charge is -2.23. The van der Waals surface area contributed by atoms with E-state index in [1.807, 2.05) is 18.7 Å². The van der Waals surface area contributed by atoms with Gasteiger partial charge >= 0.3 is 0 Å². The summed E-state index contributed by atoms with van der Waals surface area (Å²) in [5.74, 6) is 1.05. The average Bonchev–Trinajstić information content (AvgIpc) is 3.10. The number of amides is 1. The summed E-state index contributed by atoms with van der Waals surface area (Å²) in [6.45, 7) is 11.3. The molecule has 184 valence electrons. The van der Waals surface area contributed by atoms with Gasteiger partial charge in [-0.25, -0.2) is 8.42 Å². The van der Waals surface area contributed by atoms with E-state index in [2.05, 4.69) is 11.5 Å². The minimum Gasteiger partial charge on any atom is -0.494 e. The maximum Gasteiger partial charge on any atom is 0.264 e. The van der Waals surface area contributed by atoms with Crippen LogP contribution in [0.5, 0.6) is 11.5 Å². The smallest absolute Gasteiger partial charge is 0.264 e. The van der Waals surface area contributed by atoms with E-state index in [1.54, 1.807) is 36.4 Å². The van der Waals surface area contributed by atoms with Crippen molar-refractivity contribution < 1.29 is 22.7 Å². The Hall–Kier alpha value is -3.20. The first kappa shape index (κ1) is 25.4. The van der Waals surface area contributed by atoms with Crippen LogP contribution >= 0.6 is 0 Å². The number of ether oxygens (including phenoxy) is 2. The molecule has 8 nitrogen and oxygen atoms in total. The normalized spacial score (nSPS) is 14.3. The van der Waals surface area contributed by atoms with Crippen molar-refractivity contribution in [1.82, 2.24) is 9.80 Å². The summed E-state index contributed by atoms with van der Waals surface area (Å²) < 4.78 is 38.2. The minimum atomic E-state index is -3.72. The van der Waals surface area contributed by atoms with Crippen LogP contribution in [0.15, 0.2) is 65.7 Å². The number of carbonyl (C=O) groups excluding carboxylic acids is 1. The number of benzene rings is 2. The van der Waals surface area contributed by atoms with Crippen LogP contribution in [0, 0.1) is 0 Å². The summed E-state index contributed by atoms with van der Waals surface area (Å²) in [6, 6.07) is 13.0. The summed E-state index contributed by atoms with van der Waals surface area (Å²) >= 11 is 0. The zero-order valence-corrected chi connectivity index (χ0v) is 20.9. The van der Waals surface area contributed by atoms with Gasteiger partial charge in [0.15, 0.2) is 6.61 Å². The molecule has 1 aliphatic heterocycles. The molecule has 1 amide bonds. The molecule has 2 aromatic carbocycles. The lowest BCUT2D eigenvalue weighted by molar-refractivity contribution is -0.133. The number of nitrogens with zero attached hydrogens (tertiary/aromatic N) is 3. The van der Waals surface area contributed by atoms with Gasteiger partial charge in [-0.3, -0.25) is 9.10 Å². The van der Waals surface area contributed by atoms with Crippen molar-refractivity contribution in [2.45, 2.75) is 25.2 Å². The highest BCUT2D eigenvalue weighted by atomic mass is 32.2. The Balaban J connectivity index is 1.58. The second kappa shape index (κ2) is 11.3. The molecule has 0 saturated carbocycles. The molecule has 3 rings (SSSR count). The number of hydrogen-bond donors (Lipinski definition) is 0. The van der Waals surface area contributed by atoms with Crippen LogP contribution in [0.1, 0.15) is 20.3 Å². The van der Waals surface area contributed by atoms with Gasteiger partial charge in [0.05, 0.1) is 17.2 Å². The highest BCUT2D eigenvalue weighted by molar-refractivity contribution is 7.92. The largest absolute Gasteiger partial charge is 0.494 e. The van der Waals surface area contributed by atoms with E-state index in [-0.39, 0.29) is 17.4 Å². The van der Waals surface area contributed by atoms with Crippen LogP contribution in [0.3, 0.4) is 0 Å². The van der Waals surface area contributed by atoms with E-state index in [4.69, 9.17) is 9.47 Å². The van der Waals surface area contributed by atoms with E-state index in [1.165, 1.54) is 23.5 Å². The number of carbonyl (C=O) groups is 1. The molecule has 0 N–H and O–H groups in total. The lowest BCUT2D eigenvalue weighted by atomic mass is 10.3. The maximum atomic E-state index is 13.0. The molecule has 0 atom stereocenters. The molecule has 1 aliphatic rings. The van der Waals surface area contributed by atoms with Crippen molar-refractivity contribution in [3.05, 3.63) is 60.8 Å². The number of rotatable bonds is 9. The zero-order chi connectivity index (χ0) is 24.7. The third kappa shape index (κ3) is 6.22. The lowest BCUT2D eigenvalue weighted by Crippen LogP contribution is -2.37. The van der Waals surface area contributed by atoms with Crippen LogP contribution < -0.4 is 13.8 Å². The van der Waals surface area contributed by atoms with Crippen LogP contribution in [0.2, 0.25) is 0 Å². The van der Waals surface area contributed by atoms with Crippen molar-refractivity contribution in [1.29, 1.82) is 0 Å². The molecule has 2 aromatic rings. The Bertz CT molecular complexity index is 1080. The summed E-state index contributed by atoms with van der Waals surface area (Å²) in [7, 11) is -2.23. The molecule has 0 aromatic heterocycles. The summed E-state index contributed by atoms with van der Waals surface area (Å²) in [6.07, 6.45) is 0.891. The van der Waals surface area contributed by atoms with Crippen molar-refractivity contribution in [2.24, 2.45) is 0 Å². The van der Waals surface area contributed by atoms with Crippen LogP contribution in [0.25, 0.3) is 0 Å². The predicted molar refractivity (Wildman–Crippen MR) is 133 cm³/mol. The van der Waals surface area contributed by atoms with Gasteiger partial charge in [-0.05, 0) is 68.8 Å². The quantitative estimate of drug-likeness (QED) is 0.540. The Kier molecular flexibility index (Phi) is 8.44. The van der Waals surface area contributed by atoms with Crippen molar-refractivity contribution >= 4 is 21.6 Å². The van der Waals surface area contributed by atoms with Gasteiger partial charge in [-0.2, -0.15) is 0 Å². The molecule has 0 spiro atoms. The van der Waals surface area contributed by atoms with Crippen molar-refractivity contribution in [2.75, 3.05) is 50.7 Å². The van der Waals surface area contributed by atoms with Crippen LogP contribution in [-0.4, -0.2) is 70.6 Å². The van der Waals surface area contributed by atoms with Gasteiger partial charge in [0.2, 0.25) is 0 Å². The molecule has 1 saturated heterocycles. The monoisotopic (exact) mass is 487 g/mol. The van der Waals surface area contributed by atoms with E-state index >= 15 is 0 Å². The molecule has 34 heavy (non-hydrogen) atoms. The first-order valence-electron chi connectivity index (χ1n) is 11.3. The molecular weight excluding hydrogens is 454 g/mol. The average molecular weight is 488 g/mol. The Morgan fingerprint density at radius 2 is 1.50 bits per heavy atom. The molecule has 0 aliphatic carbocycles. The van der Waals surface area contributed by atoms with Gasteiger partial charge in [-0.1, -0.05) is 6.58 Å². The molecule has 0 bridgehead atoms. The fourth-order valence-electron chi connectivity index (χ4n) is 3.71. The summed E-state index contributed by atoms with van der Waals surface area (Å²) in [5.41, 5.74) is 1.50. The Morgan fingerprint density at radius 3 is 2.12 bits per heavy atom. The number of allylic oxidation sites excluding steroid dienone is 1. The number of hydrogen-bond acceptors (Lipinski definition) is 6. The summed E-state index contributed by atoms with van der Waals surface area (Å²) in [5, 5.41) is 0. The first-order valence-corrected chi connectivity index (χ1v) is 12.8. The third-order valence-electron chi connectivity index (χ3n) is 5.74. The highest BCUT2D eigenvalue weighted by Crippen LogP contribution is 2.25. The molecule has 1 heterocycles. The second-order valence-corrected chi connectivity index (χ2v) is 10.1. The van der Waals surface area contributed by atoms with Crippen molar-refractivity contribution in [3.63, 3.8) is 0 Å². The molecule has 1 fully saturated rings. The SMILES string of the molecule is C=C(C)N1CCCN(C(=O)COc2ccc(N(C)S(=O)(=O)c3ccc(OCC)cc3)cc2)CC1. The molecule has 0 unspecified atom stereocenters. The molecule has 0 radical (unpaired) electrons. The van der Waals surface area contributed by atoms with Gasteiger partial charge in [0.25, 0.3) is 15.9 Å². The number of sulfonamides is 1. The zero-order valence-electron chi connectivity index (χ0n) is 20.1. The van der Waals surface area contributed by atoms with Gasteiger partial charge < -0.3 is 19.3 Å². The fourth-order valence-corrected chi connectivity index (χ4v) is 4.90. The van der Waals surface area contributed by atoms with Crippen LogP contribution in [-0.2, 0) is 14.8 Å². The third-order valence-corrected chi connectivity index (χ3v) is 7.54. The van der Waals surface area contributed by atoms with Crippen molar-refractivity contribution in [3.8, 4) is 11.5 Å². The highest BCUT2D eigenvalue weighted by Gasteiger charge is 2.22. The Morgan fingerprint density at radius 1 is 0.941 bits per heavy atom. The molecular formula is C25H33N3O5S. The maximum absolute atomic E-state index is 13.0. The number of anilines is 1. The first-order chi connectivity index (χ1) is 16.2. The fraction of sp³-hybridized carbons (Fsp3) is 0.400. The van der Waals surface area contributed by atoms with E-state index in [9.17, 15) is 13.2 Å². The van der Waals surface area contributed by atoms with E-state index < -0.39 is 10.0 Å². The van der Waals surface area contributed by atoms with Gasteiger partial charge in [-0.15, -0.1) is 0 Å². The topological polar surface area (TPSA) is 79.4 Å². The standard InChI is InChI=1S/C25H33N3O5S/c1-5-32-22-11-13-24(14-12-22)34(30,31)26(4)21-7-9-23(10-8-21)33-19-25(29)28-16-6-15-27(17-18-28)20(2)3/h7-14H,2,5-6,15-19H2,1,3-4H3. The van der Waals surface area contributed by atoms with Crippen LogP contribution in [0.4, 0.5) is 5.69 Å². The summed E-state index contributed by atoms with van der Waals surface area (Å²) in [4.78, 5) is 16.8. The van der Waals surface area contributed by atoms with E-state index in [0.29, 0.717) is 36.9 Å². The van der Waals surface area contributed by atoms with Gasteiger partial charge in [0.1, 0.15) is 11.5 Å². The second-order valence-electron chi connectivity index (χ2n) is 8.12.